The van der Waals surface area contributed by atoms with Gasteiger partial charge in [-0.15, -0.1) is 0 Å². The highest BCUT2D eigenvalue weighted by Crippen LogP contribution is 2.38. The summed E-state index contributed by atoms with van der Waals surface area (Å²) in [7, 11) is -4.89. The molecule has 2 aromatic rings. The van der Waals surface area contributed by atoms with E-state index in [1.165, 1.54) is 18.2 Å². The van der Waals surface area contributed by atoms with E-state index in [4.69, 9.17) is 10.00 Å². The van der Waals surface area contributed by atoms with E-state index in [1.54, 1.807) is 6.07 Å². The van der Waals surface area contributed by atoms with Crippen LogP contribution in [0, 0.1) is 34.6 Å². The number of sulfonamides is 1. The van der Waals surface area contributed by atoms with Gasteiger partial charge in [-0.25, -0.2) is 21.6 Å². The lowest BCUT2D eigenvalue weighted by Gasteiger charge is -2.15. The minimum atomic E-state index is -4.89. The van der Waals surface area contributed by atoms with Crippen molar-refractivity contribution in [2.24, 2.45) is 0 Å². The number of ether oxygens (including phenoxy) is 1. The van der Waals surface area contributed by atoms with Crippen LogP contribution in [0.15, 0.2) is 29.2 Å². The van der Waals surface area contributed by atoms with Crippen LogP contribution in [0.1, 0.15) is 18.4 Å². The maximum atomic E-state index is 14.2. The molecule has 0 heterocycles. The van der Waals surface area contributed by atoms with Crippen LogP contribution in [-0.4, -0.2) is 14.5 Å². The Labute approximate surface area is 145 Å². The minimum absolute atomic E-state index is 0.0941. The zero-order valence-corrected chi connectivity index (χ0v) is 13.7. The molecule has 5 nitrogen and oxygen atoms in total. The molecule has 3 rings (SSSR count). The first-order valence-corrected chi connectivity index (χ1v) is 8.78. The monoisotopic (exact) mass is 386 g/mol. The standard InChI is InChI=1S/C16H10F4N2O3S/c17-11-12(18)14(20)16(15(13(11)19)25-10-4-5-10)26(23,24)22-9-3-1-2-8(6-9)7-21/h1-3,6,10,22H,4-5H2. The first-order chi connectivity index (χ1) is 12.2. The van der Waals surface area contributed by atoms with Crippen molar-refractivity contribution in [3.05, 3.63) is 53.1 Å². The summed E-state index contributed by atoms with van der Waals surface area (Å²) in [5.41, 5.74) is -0.0532. The number of anilines is 1. The number of hydrogen-bond acceptors (Lipinski definition) is 4. The number of benzene rings is 2. The second-order valence-corrected chi connectivity index (χ2v) is 7.15. The third-order valence-electron chi connectivity index (χ3n) is 3.50. The van der Waals surface area contributed by atoms with Crippen molar-refractivity contribution in [1.82, 2.24) is 0 Å². The number of rotatable bonds is 5. The topological polar surface area (TPSA) is 79.2 Å². The quantitative estimate of drug-likeness (QED) is 0.485. The van der Waals surface area contributed by atoms with Gasteiger partial charge in [0.2, 0.25) is 11.6 Å². The fourth-order valence-corrected chi connectivity index (χ4v) is 3.39. The molecule has 1 aliphatic rings. The van der Waals surface area contributed by atoms with Gasteiger partial charge in [0, 0.05) is 0 Å². The van der Waals surface area contributed by atoms with Gasteiger partial charge in [0.15, 0.2) is 22.3 Å². The molecule has 2 aromatic carbocycles. The van der Waals surface area contributed by atoms with Crippen LogP contribution in [0.3, 0.4) is 0 Å². The van der Waals surface area contributed by atoms with Crippen LogP contribution in [0.4, 0.5) is 23.2 Å². The first-order valence-electron chi connectivity index (χ1n) is 7.30. The van der Waals surface area contributed by atoms with E-state index in [0.29, 0.717) is 12.8 Å². The third kappa shape index (κ3) is 3.30. The Hall–Kier alpha value is -2.80. The maximum Gasteiger partial charge on any atom is 0.268 e. The molecule has 1 aliphatic carbocycles. The molecule has 0 saturated heterocycles. The molecule has 10 heteroatoms. The molecule has 0 spiro atoms. The van der Waals surface area contributed by atoms with Crippen LogP contribution in [0.2, 0.25) is 0 Å². The van der Waals surface area contributed by atoms with Crippen LogP contribution in [0.25, 0.3) is 0 Å². The molecule has 0 unspecified atom stereocenters. The Balaban J connectivity index is 2.12. The zero-order chi connectivity index (χ0) is 19.1. The van der Waals surface area contributed by atoms with Gasteiger partial charge in [0.25, 0.3) is 10.0 Å². The normalized spacial score (nSPS) is 14.0. The second-order valence-electron chi connectivity index (χ2n) is 5.53. The number of nitrogens with zero attached hydrogens (tertiary/aromatic N) is 1. The summed E-state index contributed by atoms with van der Waals surface area (Å²) in [6.07, 6.45) is 0.276. The van der Waals surface area contributed by atoms with Gasteiger partial charge in [0.05, 0.1) is 23.4 Å². The molecule has 0 radical (unpaired) electrons. The van der Waals surface area contributed by atoms with Gasteiger partial charge in [0.1, 0.15) is 0 Å². The van der Waals surface area contributed by atoms with Crippen molar-refractivity contribution in [3.8, 4) is 11.8 Å². The van der Waals surface area contributed by atoms with Gasteiger partial charge in [-0.05, 0) is 31.0 Å². The van der Waals surface area contributed by atoms with E-state index >= 15 is 0 Å². The van der Waals surface area contributed by atoms with Crippen LogP contribution in [-0.2, 0) is 10.0 Å². The summed E-state index contributed by atoms with van der Waals surface area (Å²) in [5, 5.41) is 8.83. The molecule has 0 atom stereocenters. The predicted octanol–water partition coefficient (Wildman–Crippen LogP) is 3.46. The van der Waals surface area contributed by atoms with Crippen molar-refractivity contribution in [2.45, 2.75) is 23.8 Å². The van der Waals surface area contributed by atoms with Gasteiger partial charge < -0.3 is 4.74 Å². The van der Waals surface area contributed by atoms with E-state index in [1.807, 2.05) is 4.72 Å². The minimum Gasteiger partial charge on any atom is -0.486 e. The molecule has 1 saturated carbocycles. The lowest BCUT2D eigenvalue weighted by atomic mass is 10.2. The SMILES string of the molecule is N#Cc1cccc(NS(=O)(=O)c2c(F)c(F)c(F)c(F)c2OC2CC2)c1. The van der Waals surface area contributed by atoms with E-state index < -0.39 is 50.0 Å². The van der Waals surface area contributed by atoms with Crippen molar-refractivity contribution in [1.29, 1.82) is 5.26 Å². The van der Waals surface area contributed by atoms with Crippen LogP contribution < -0.4 is 9.46 Å². The predicted molar refractivity (Wildman–Crippen MR) is 81.9 cm³/mol. The Bertz CT molecular complexity index is 1030. The van der Waals surface area contributed by atoms with E-state index in [9.17, 15) is 26.0 Å². The zero-order valence-electron chi connectivity index (χ0n) is 12.9. The molecule has 1 N–H and O–H groups in total. The van der Waals surface area contributed by atoms with E-state index in [0.717, 1.165) is 6.07 Å². The van der Waals surface area contributed by atoms with Gasteiger partial charge in [-0.2, -0.15) is 9.65 Å². The summed E-state index contributed by atoms with van der Waals surface area (Å²) in [6.45, 7) is 0. The molecule has 136 valence electrons. The highest BCUT2D eigenvalue weighted by atomic mass is 32.2. The lowest BCUT2D eigenvalue weighted by molar-refractivity contribution is 0.262. The van der Waals surface area contributed by atoms with Crippen molar-refractivity contribution in [3.63, 3.8) is 0 Å². The summed E-state index contributed by atoms with van der Waals surface area (Å²) >= 11 is 0. The highest BCUT2D eigenvalue weighted by Gasteiger charge is 2.37. The lowest BCUT2D eigenvalue weighted by Crippen LogP contribution is -2.19. The molecule has 0 bridgehead atoms. The van der Waals surface area contributed by atoms with Gasteiger partial charge >= 0.3 is 0 Å². The smallest absolute Gasteiger partial charge is 0.268 e. The molecular formula is C16H10F4N2O3S. The average molecular weight is 386 g/mol. The van der Waals surface area contributed by atoms with Crippen LogP contribution >= 0.6 is 0 Å². The molecule has 0 aromatic heterocycles. The highest BCUT2D eigenvalue weighted by molar-refractivity contribution is 7.92. The number of nitrogens with one attached hydrogen (secondary N) is 1. The Morgan fingerprint density at radius 3 is 2.35 bits per heavy atom. The second kappa shape index (κ2) is 6.49. The fraction of sp³-hybridized carbons (Fsp3) is 0.188. The first kappa shape index (κ1) is 18.0. The molecule has 0 amide bonds. The Morgan fingerprint density at radius 1 is 1.08 bits per heavy atom. The van der Waals surface area contributed by atoms with Crippen LogP contribution in [0.5, 0.6) is 5.75 Å². The Morgan fingerprint density at radius 2 is 1.73 bits per heavy atom. The average Bonchev–Trinajstić information content (AvgIpc) is 3.41. The maximum absolute atomic E-state index is 14.2. The molecular weight excluding hydrogens is 376 g/mol. The summed E-state index contributed by atoms with van der Waals surface area (Å²) in [5.74, 6) is -9.67. The largest absolute Gasteiger partial charge is 0.486 e. The number of nitriles is 1. The summed E-state index contributed by atoms with van der Waals surface area (Å²) in [6, 6.07) is 6.88. The van der Waals surface area contributed by atoms with Crippen molar-refractivity contribution >= 4 is 15.7 Å². The van der Waals surface area contributed by atoms with E-state index in [2.05, 4.69) is 0 Å². The summed E-state index contributed by atoms with van der Waals surface area (Å²) < 4.78 is 87.2. The summed E-state index contributed by atoms with van der Waals surface area (Å²) in [4.78, 5) is -1.47. The molecule has 1 fully saturated rings. The number of halogens is 4. The van der Waals surface area contributed by atoms with Crippen molar-refractivity contribution < 1.29 is 30.7 Å². The van der Waals surface area contributed by atoms with E-state index in [-0.39, 0.29) is 11.3 Å². The Kier molecular flexibility index (Phi) is 4.50. The fourth-order valence-electron chi connectivity index (χ4n) is 2.15. The van der Waals surface area contributed by atoms with Gasteiger partial charge in [-0.3, -0.25) is 4.72 Å². The van der Waals surface area contributed by atoms with Crippen molar-refractivity contribution in [2.75, 3.05) is 4.72 Å². The third-order valence-corrected chi connectivity index (χ3v) is 4.91. The van der Waals surface area contributed by atoms with Gasteiger partial charge in [-0.1, -0.05) is 6.07 Å². The molecule has 26 heavy (non-hydrogen) atoms. The number of hydrogen-bond donors (Lipinski definition) is 1. The molecule has 0 aliphatic heterocycles.